The summed E-state index contributed by atoms with van der Waals surface area (Å²) in [5.74, 6) is -0.142. The second-order valence-corrected chi connectivity index (χ2v) is 5.78. The first-order valence-electron chi connectivity index (χ1n) is 6.16. The van der Waals surface area contributed by atoms with E-state index >= 15 is 0 Å². The number of carbonyl (C=O) groups excluding carboxylic acids is 1. The Hall–Kier alpha value is -1.43. The van der Waals surface area contributed by atoms with Crippen LogP contribution < -0.4 is 5.32 Å². The van der Waals surface area contributed by atoms with Crippen LogP contribution in [0.3, 0.4) is 0 Å². The Labute approximate surface area is 127 Å². The smallest absolute Gasteiger partial charge is 0.251 e. The molecule has 1 atom stereocenters. The summed E-state index contributed by atoms with van der Waals surface area (Å²) in [6.07, 6.45) is 1.53. The first-order valence-corrected chi connectivity index (χ1v) is 7.48. The maximum absolute atomic E-state index is 12.1. The number of nitrogens with zero attached hydrogens (tertiary/aromatic N) is 2. The van der Waals surface area contributed by atoms with Gasteiger partial charge in [0.15, 0.2) is 0 Å². The maximum atomic E-state index is 12.1. The Morgan fingerprint density at radius 1 is 1.50 bits per heavy atom. The molecule has 0 aliphatic heterocycles. The maximum Gasteiger partial charge on any atom is 0.251 e. The number of aromatic nitrogens is 1. The number of rotatable bonds is 5. The Kier molecular flexibility index (Phi) is 5.11. The van der Waals surface area contributed by atoms with Crippen LogP contribution in [0, 0.1) is 0 Å². The van der Waals surface area contributed by atoms with Gasteiger partial charge in [-0.25, -0.2) is 4.98 Å². The highest BCUT2D eigenvalue weighted by atomic mass is 35.5. The van der Waals surface area contributed by atoms with Gasteiger partial charge in [0.2, 0.25) is 0 Å². The number of halogens is 1. The number of amides is 1. The monoisotopic (exact) mass is 309 g/mol. The summed E-state index contributed by atoms with van der Waals surface area (Å²) in [5, 5.41) is 7.39. The number of hydrogen-bond donors (Lipinski definition) is 1. The van der Waals surface area contributed by atoms with Gasteiger partial charge in [-0.1, -0.05) is 11.6 Å². The third-order valence-electron chi connectivity index (χ3n) is 3.00. The summed E-state index contributed by atoms with van der Waals surface area (Å²) in [4.78, 5) is 18.0. The van der Waals surface area contributed by atoms with Gasteiger partial charge in [-0.2, -0.15) is 11.3 Å². The van der Waals surface area contributed by atoms with Crippen molar-refractivity contribution in [2.24, 2.45) is 0 Å². The molecule has 0 radical (unpaired) electrons. The molecule has 6 heteroatoms. The number of carbonyl (C=O) groups is 1. The van der Waals surface area contributed by atoms with Crippen LogP contribution in [0.5, 0.6) is 0 Å². The molecule has 0 aliphatic carbocycles. The Morgan fingerprint density at radius 2 is 2.30 bits per heavy atom. The minimum atomic E-state index is -0.142. The van der Waals surface area contributed by atoms with Crippen molar-refractivity contribution >= 4 is 28.8 Å². The first kappa shape index (κ1) is 15.0. The van der Waals surface area contributed by atoms with Gasteiger partial charge in [-0.05, 0) is 48.6 Å². The second kappa shape index (κ2) is 6.83. The fraction of sp³-hybridized carbons (Fsp3) is 0.286. The van der Waals surface area contributed by atoms with Crippen LogP contribution in [0.15, 0.2) is 35.2 Å². The van der Waals surface area contributed by atoms with Crippen LogP contribution in [0.4, 0.5) is 0 Å². The van der Waals surface area contributed by atoms with Crippen LogP contribution in [0.1, 0.15) is 22.0 Å². The highest BCUT2D eigenvalue weighted by Crippen LogP contribution is 2.20. The quantitative estimate of drug-likeness (QED) is 0.864. The zero-order valence-corrected chi connectivity index (χ0v) is 12.9. The number of hydrogen-bond acceptors (Lipinski definition) is 4. The summed E-state index contributed by atoms with van der Waals surface area (Å²) < 4.78 is 0. The summed E-state index contributed by atoms with van der Waals surface area (Å²) >= 11 is 7.44. The van der Waals surface area contributed by atoms with Crippen molar-refractivity contribution in [3.05, 3.63) is 51.4 Å². The molecule has 4 nitrogen and oxygen atoms in total. The predicted molar refractivity (Wildman–Crippen MR) is 82.3 cm³/mol. The molecule has 0 saturated heterocycles. The molecule has 1 N–H and O–H groups in total. The molecule has 0 aromatic carbocycles. The molecule has 1 unspecified atom stereocenters. The number of likely N-dealkylation sites (N-methyl/N-ethyl adjacent to an activating group) is 1. The van der Waals surface area contributed by atoms with Crippen molar-refractivity contribution < 1.29 is 4.79 Å². The normalized spacial score (nSPS) is 12.4. The van der Waals surface area contributed by atoms with Gasteiger partial charge in [0, 0.05) is 18.3 Å². The molecule has 2 rings (SSSR count). The predicted octanol–water partition coefficient (Wildman–Crippen LogP) is 2.83. The van der Waals surface area contributed by atoms with Gasteiger partial charge < -0.3 is 10.2 Å². The number of thiophene rings is 1. The third kappa shape index (κ3) is 3.79. The molecule has 0 spiro atoms. The molecule has 0 bridgehead atoms. The van der Waals surface area contributed by atoms with E-state index in [0.29, 0.717) is 17.3 Å². The van der Waals surface area contributed by atoms with Gasteiger partial charge in [0.1, 0.15) is 5.15 Å². The average Bonchev–Trinajstić information content (AvgIpc) is 2.92. The van der Waals surface area contributed by atoms with Crippen molar-refractivity contribution in [2.75, 3.05) is 20.6 Å². The van der Waals surface area contributed by atoms with E-state index in [0.717, 1.165) is 0 Å². The highest BCUT2D eigenvalue weighted by Gasteiger charge is 2.16. The van der Waals surface area contributed by atoms with Crippen molar-refractivity contribution in [2.45, 2.75) is 6.04 Å². The summed E-state index contributed by atoms with van der Waals surface area (Å²) in [6.45, 7) is 0.544. The zero-order valence-electron chi connectivity index (χ0n) is 11.3. The Morgan fingerprint density at radius 3 is 2.90 bits per heavy atom. The summed E-state index contributed by atoms with van der Waals surface area (Å²) in [7, 11) is 4.00. The SMILES string of the molecule is CN(C)C(CNC(=O)c1ccnc(Cl)c1)c1ccsc1. The fourth-order valence-electron chi connectivity index (χ4n) is 1.90. The average molecular weight is 310 g/mol. The molecule has 20 heavy (non-hydrogen) atoms. The lowest BCUT2D eigenvalue weighted by Crippen LogP contribution is -2.34. The molecule has 106 valence electrons. The van der Waals surface area contributed by atoms with Crippen molar-refractivity contribution in [1.29, 1.82) is 0 Å². The Bertz CT molecular complexity index is 572. The van der Waals surface area contributed by atoms with Gasteiger partial charge in [-0.15, -0.1) is 0 Å². The van der Waals surface area contributed by atoms with Gasteiger partial charge >= 0.3 is 0 Å². The van der Waals surface area contributed by atoms with E-state index in [1.54, 1.807) is 23.5 Å². The number of nitrogens with one attached hydrogen (secondary N) is 1. The van der Waals surface area contributed by atoms with E-state index in [9.17, 15) is 4.79 Å². The standard InChI is InChI=1S/C14H16ClN3OS/c1-18(2)12(11-4-6-20-9-11)8-17-14(19)10-3-5-16-13(15)7-10/h3-7,9,12H,8H2,1-2H3,(H,17,19). The molecule has 0 aliphatic rings. The minimum Gasteiger partial charge on any atom is -0.350 e. The molecule has 1 amide bonds. The van der Waals surface area contributed by atoms with Crippen LogP contribution >= 0.6 is 22.9 Å². The van der Waals surface area contributed by atoms with E-state index in [1.165, 1.54) is 11.8 Å². The fourth-order valence-corrected chi connectivity index (χ4v) is 2.78. The van der Waals surface area contributed by atoms with Crippen LogP contribution in [0.2, 0.25) is 5.15 Å². The molecule has 2 heterocycles. The highest BCUT2D eigenvalue weighted by molar-refractivity contribution is 7.07. The molecule has 2 aromatic heterocycles. The van der Waals surface area contributed by atoms with Crippen molar-refractivity contribution in [3.63, 3.8) is 0 Å². The molecule has 0 saturated carbocycles. The third-order valence-corrected chi connectivity index (χ3v) is 3.90. The van der Waals surface area contributed by atoms with Crippen molar-refractivity contribution in [3.8, 4) is 0 Å². The van der Waals surface area contributed by atoms with Crippen LogP contribution in [-0.2, 0) is 0 Å². The summed E-state index contributed by atoms with van der Waals surface area (Å²) in [6, 6.07) is 5.44. The molecule has 2 aromatic rings. The van der Waals surface area contributed by atoms with Crippen LogP contribution in [-0.4, -0.2) is 36.4 Å². The second-order valence-electron chi connectivity index (χ2n) is 4.61. The molecular weight excluding hydrogens is 294 g/mol. The topological polar surface area (TPSA) is 45.2 Å². The van der Waals surface area contributed by atoms with E-state index in [1.807, 2.05) is 19.5 Å². The lowest BCUT2D eigenvalue weighted by molar-refractivity contribution is 0.0942. The van der Waals surface area contributed by atoms with Gasteiger partial charge in [0.25, 0.3) is 5.91 Å². The summed E-state index contributed by atoms with van der Waals surface area (Å²) in [5.41, 5.74) is 1.72. The first-order chi connectivity index (χ1) is 9.58. The Balaban J connectivity index is 2.01. The molecule has 0 fully saturated rings. The van der Waals surface area contributed by atoms with Gasteiger partial charge in [0.05, 0.1) is 6.04 Å². The number of pyridine rings is 1. The molecular formula is C14H16ClN3OS. The lowest BCUT2D eigenvalue weighted by atomic mass is 10.1. The van der Waals surface area contributed by atoms with E-state index in [4.69, 9.17) is 11.6 Å². The zero-order chi connectivity index (χ0) is 14.5. The van der Waals surface area contributed by atoms with E-state index in [2.05, 4.69) is 26.6 Å². The van der Waals surface area contributed by atoms with Gasteiger partial charge in [-0.3, -0.25) is 4.79 Å². The minimum absolute atomic E-state index is 0.142. The van der Waals surface area contributed by atoms with E-state index in [-0.39, 0.29) is 11.9 Å². The lowest BCUT2D eigenvalue weighted by Gasteiger charge is -2.24. The van der Waals surface area contributed by atoms with Crippen molar-refractivity contribution in [1.82, 2.24) is 15.2 Å². The largest absolute Gasteiger partial charge is 0.350 e. The van der Waals surface area contributed by atoms with E-state index < -0.39 is 0 Å². The van der Waals surface area contributed by atoms with Crippen LogP contribution in [0.25, 0.3) is 0 Å².